The van der Waals surface area contributed by atoms with Gasteiger partial charge >= 0.3 is 0 Å². The van der Waals surface area contributed by atoms with E-state index in [4.69, 9.17) is 14.2 Å². The van der Waals surface area contributed by atoms with Crippen LogP contribution in [-0.2, 0) is 5.60 Å². The van der Waals surface area contributed by atoms with Gasteiger partial charge in [-0.1, -0.05) is 70.6 Å². The van der Waals surface area contributed by atoms with Gasteiger partial charge in [-0.25, -0.2) is 0 Å². The topological polar surface area (TPSA) is 30.9 Å². The van der Waals surface area contributed by atoms with Gasteiger partial charge in [-0.2, -0.15) is 0 Å². The van der Waals surface area contributed by atoms with E-state index in [1.807, 2.05) is 0 Å². The van der Waals surface area contributed by atoms with Gasteiger partial charge in [-0.05, 0) is 95.8 Å². The molecule has 0 radical (unpaired) electrons. The van der Waals surface area contributed by atoms with Crippen LogP contribution in [-0.4, -0.2) is 27.3 Å². The first-order valence-corrected chi connectivity index (χ1v) is 15.7. The quantitative estimate of drug-likeness (QED) is 0.212. The summed E-state index contributed by atoms with van der Waals surface area (Å²) in [6.45, 7) is 2.24. The lowest BCUT2D eigenvalue weighted by atomic mass is 9.81. The van der Waals surface area contributed by atoms with Gasteiger partial charge in [0.2, 0.25) is 0 Å². The van der Waals surface area contributed by atoms with Crippen LogP contribution in [0.3, 0.4) is 0 Å². The third kappa shape index (κ3) is 4.96. The maximum atomic E-state index is 7.25. The molecule has 0 N–H and O–H groups in total. The first-order chi connectivity index (χ1) is 21.1. The lowest BCUT2D eigenvalue weighted by Crippen LogP contribution is -2.35. The fourth-order valence-corrected chi connectivity index (χ4v) is 6.74. The average molecular weight is 633 g/mol. The Balaban J connectivity index is 1.43. The maximum Gasteiger partial charge on any atom is 0.178 e. The second-order valence-electron chi connectivity index (χ2n) is 11.2. The van der Waals surface area contributed by atoms with Crippen LogP contribution in [0, 0.1) is 0 Å². The Morgan fingerprint density at radius 1 is 0.814 bits per heavy atom. The Bertz CT molecular complexity index is 1790. The zero-order valence-electron chi connectivity index (χ0n) is 24.5. The molecule has 0 bridgehead atoms. The molecule has 4 aromatic rings. The maximum absolute atomic E-state index is 7.25. The van der Waals surface area contributed by atoms with Crippen LogP contribution in [0.25, 0.3) is 28.0 Å². The SMILES string of the molecule is COc1cc2c(-c3ccc(Br)cc3)cc3c(c2cc1OC)C=CC(C1=CC=CCC=C1)(c1ccc(N2CCCC2)cc1)O3. The molecule has 3 aliphatic rings. The van der Waals surface area contributed by atoms with E-state index in [0.29, 0.717) is 11.5 Å². The van der Waals surface area contributed by atoms with Crippen LogP contribution < -0.4 is 19.1 Å². The van der Waals surface area contributed by atoms with Crippen molar-refractivity contribution in [3.05, 3.63) is 124 Å². The summed E-state index contributed by atoms with van der Waals surface area (Å²) in [5.74, 6) is 2.21. The Morgan fingerprint density at radius 2 is 1.53 bits per heavy atom. The van der Waals surface area contributed by atoms with E-state index < -0.39 is 5.60 Å². The molecule has 1 fully saturated rings. The average Bonchev–Trinajstić information content (AvgIpc) is 3.46. The van der Waals surface area contributed by atoms with Crippen molar-refractivity contribution in [2.45, 2.75) is 24.9 Å². The molecule has 1 saturated heterocycles. The van der Waals surface area contributed by atoms with Gasteiger partial charge in [-0.3, -0.25) is 0 Å². The summed E-state index contributed by atoms with van der Waals surface area (Å²) in [6, 6.07) is 23.7. The van der Waals surface area contributed by atoms with Gasteiger partial charge in [0.1, 0.15) is 5.75 Å². The van der Waals surface area contributed by atoms with Crippen molar-refractivity contribution in [2.75, 3.05) is 32.2 Å². The van der Waals surface area contributed by atoms with Crippen LogP contribution in [0.15, 0.2) is 113 Å². The number of fused-ring (bicyclic) bond motifs is 3. The highest BCUT2D eigenvalue weighted by Gasteiger charge is 2.39. The number of methoxy groups -OCH3 is 2. The van der Waals surface area contributed by atoms with Crippen molar-refractivity contribution in [3.63, 3.8) is 0 Å². The van der Waals surface area contributed by atoms with Crippen molar-refractivity contribution in [2.24, 2.45) is 0 Å². The molecule has 1 unspecified atom stereocenters. The molecule has 5 heteroatoms. The predicted octanol–water partition coefficient (Wildman–Crippen LogP) is 9.63. The number of nitrogens with zero attached hydrogens (tertiary/aromatic N) is 1. The predicted molar refractivity (Wildman–Crippen MR) is 180 cm³/mol. The van der Waals surface area contributed by atoms with Gasteiger partial charge in [0.15, 0.2) is 17.1 Å². The molecular formula is C38H34BrNO3. The number of hydrogen-bond donors (Lipinski definition) is 0. The summed E-state index contributed by atoms with van der Waals surface area (Å²) < 4.78 is 19.8. The number of ether oxygens (including phenoxy) is 3. The van der Waals surface area contributed by atoms with Crippen LogP contribution in [0.4, 0.5) is 5.69 Å². The van der Waals surface area contributed by atoms with Crippen LogP contribution >= 0.6 is 15.9 Å². The first kappa shape index (κ1) is 27.6. The highest BCUT2D eigenvalue weighted by molar-refractivity contribution is 9.10. The van der Waals surface area contributed by atoms with Gasteiger partial charge < -0.3 is 19.1 Å². The minimum Gasteiger partial charge on any atom is -0.493 e. The normalized spacial score (nSPS) is 19.1. The van der Waals surface area contributed by atoms with Crippen molar-refractivity contribution in [3.8, 4) is 28.4 Å². The second-order valence-corrected chi connectivity index (χ2v) is 12.1. The molecule has 0 spiro atoms. The van der Waals surface area contributed by atoms with Crippen molar-refractivity contribution >= 4 is 38.5 Å². The van der Waals surface area contributed by atoms with Gasteiger partial charge in [0, 0.05) is 39.9 Å². The van der Waals surface area contributed by atoms with Crippen LogP contribution in [0.2, 0.25) is 0 Å². The molecule has 1 atom stereocenters. The number of hydrogen-bond acceptors (Lipinski definition) is 4. The first-order valence-electron chi connectivity index (χ1n) is 14.9. The van der Waals surface area contributed by atoms with Crippen LogP contribution in [0.5, 0.6) is 17.2 Å². The van der Waals surface area contributed by atoms with Gasteiger partial charge in [0.25, 0.3) is 0 Å². The zero-order valence-corrected chi connectivity index (χ0v) is 26.1. The lowest BCUT2D eigenvalue weighted by molar-refractivity contribution is 0.160. The van der Waals surface area contributed by atoms with Crippen molar-refractivity contribution in [1.82, 2.24) is 0 Å². The molecule has 43 heavy (non-hydrogen) atoms. The number of benzene rings is 4. The third-order valence-corrected chi connectivity index (χ3v) is 9.26. The van der Waals surface area contributed by atoms with E-state index in [2.05, 4.69) is 130 Å². The van der Waals surface area contributed by atoms with Crippen LogP contribution in [0.1, 0.15) is 30.4 Å². The number of anilines is 1. The Kier molecular flexibility index (Phi) is 7.36. The van der Waals surface area contributed by atoms with E-state index in [-0.39, 0.29) is 0 Å². The summed E-state index contributed by atoms with van der Waals surface area (Å²) in [5, 5.41) is 2.12. The Labute approximate surface area is 261 Å². The fourth-order valence-electron chi connectivity index (χ4n) is 6.48. The van der Waals surface area contributed by atoms with Gasteiger partial charge in [-0.15, -0.1) is 0 Å². The van der Waals surface area contributed by atoms with E-state index in [0.717, 1.165) is 68.3 Å². The minimum absolute atomic E-state index is 0.687. The molecule has 0 aromatic heterocycles. The molecule has 216 valence electrons. The van der Waals surface area contributed by atoms with E-state index in [9.17, 15) is 0 Å². The number of allylic oxidation sites excluding steroid dienone is 4. The Morgan fingerprint density at radius 3 is 2.26 bits per heavy atom. The minimum atomic E-state index is -0.789. The van der Waals surface area contributed by atoms with Crippen molar-refractivity contribution in [1.29, 1.82) is 0 Å². The van der Waals surface area contributed by atoms with E-state index in [1.54, 1.807) is 14.2 Å². The molecule has 4 aromatic carbocycles. The number of halogens is 1. The van der Waals surface area contributed by atoms with Gasteiger partial charge in [0.05, 0.1) is 14.2 Å². The number of rotatable bonds is 6. The highest BCUT2D eigenvalue weighted by atomic mass is 79.9. The molecule has 0 saturated carbocycles. The van der Waals surface area contributed by atoms with E-state index >= 15 is 0 Å². The molecule has 4 nitrogen and oxygen atoms in total. The summed E-state index contributed by atoms with van der Waals surface area (Å²) in [7, 11) is 3.35. The molecule has 7 rings (SSSR count). The standard InChI is InChI=1S/C38H34BrNO3/c1-41-36-24-33-31-19-20-38(27-9-5-3-4-6-10-27,28-13-17-30(18-14-28)40-21-7-8-22-40)43-35(31)23-32(34(33)25-37(36)42-2)26-11-15-29(39)16-12-26/h3,5-6,9-20,23-25H,4,7-8,21-22H2,1-2H3. The summed E-state index contributed by atoms with van der Waals surface area (Å²) >= 11 is 3.60. The highest BCUT2D eigenvalue weighted by Crippen LogP contribution is 2.49. The Hall–Kier alpha value is -4.22. The molecular weight excluding hydrogens is 598 g/mol. The largest absolute Gasteiger partial charge is 0.493 e. The third-order valence-electron chi connectivity index (χ3n) is 8.73. The molecule has 2 heterocycles. The molecule has 0 amide bonds. The zero-order chi connectivity index (χ0) is 29.4. The lowest BCUT2D eigenvalue weighted by Gasteiger charge is -2.37. The smallest absolute Gasteiger partial charge is 0.178 e. The summed E-state index contributed by atoms with van der Waals surface area (Å²) in [5.41, 5.74) is 5.86. The fraction of sp³-hybridized carbons (Fsp3) is 0.211. The van der Waals surface area contributed by atoms with E-state index in [1.165, 1.54) is 18.5 Å². The molecule has 2 aliphatic heterocycles. The second kappa shape index (κ2) is 11.5. The summed E-state index contributed by atoms with van der Waals surface area (Å²) in [6.07, 6.45) is 18.7. The van der Waals surface area contributed by atoms with Crippen molar-refractivity contribution < 1.29 is 14.2 Å². The summed E-state index contributed by atoms with van der Waals surface area (Å²) in [4.78, 5) is 2.47. The molecule has 1 aliphatic carbocycles. The monoisotopic (exact) mass is 631 g/mol.